The number of carboxylic acid groups (broad SMARTS) is 1. The van der Waals surface area contributed by atoms with Crippen LogP contribution in [0, 0.1) is 5.41 Å². The Morgan fingerprint density at radius 1 is 1.12 bits per heavy atom. The number of hydrogen-bond donors (Lipinski definition) is 2. The van der Waals surface area contributed by atoms with E-state index < -0.39 is 5.97 Å². The lowest BCUT2D eigenvalue weighted by Gasteiger charge is -2.40. The largest absolute Gasteiger partial charge is 0.478 e. The summed E-state index contributed by atoms with van der Waals surface area (Å²) >= 11 is 1.42. The fourth-order valence-electron chi connectivity index (χ4n) is 5.66. The Morgan fingerprint density at radius 2 is 1.76 bits per heavy atom. The fourth-order valence-corrected chi connectivity index (χ4v) is 6.97. The molecule has 0 saturated carbocycles. The average molecular weight is 471 g/mol. The lowest BCUT2D eigenvalue weighted by molar-refractivity contribution is 0.0695. The molecular formula is C26H34N2O4S. The molecule has 1 saturated heterocycles. The molecule has 2 N–H and O–H groups in total. The topological polar surface area (TPSA) is 78.9 Å². The number of anilines is 2. The minimum atomic E-state index is -0.980. The molecule has 33 heavy (non-hydrogen) atoms. The number of carboxylic acids is 1. The molecule has 7 heteroatoms. The second-order valence-electron chi connectivity index (χ2n) is 10.7. The van der Waals surface area contributed by atoms with Crippen molar-refractivity contribution in [1.82, 2.24) is 0 Å². The first kappa shape index (κ1) is 23.8. The normalized spacial score (nSPS) is 19.7. The van der Waals surface area contributed by atoms with Crippen LogP contribution in [0.2, 0.25) is 0 Å². The van der Waals surface area contributed by atoms with Gasteiger partial charge in [0.25, 0.3) is 5.91 Å². The van der Waals surface area contributed by atoms with Crippen LogP contribution in [0.4, 0.5) is 10.7 Å². The first-order valence-electron chi connectivity index (χ1n) is 11.6. The Balaban J connectivity index is 1.54. The van der Waals surface area contributed by atoms with Gasteiger partial charge in [-0.05, 0) is 66.3 Å². The van der Waals surface area contributed by atoms with Gasteiger partial charge in [-0.3, -0.25) is 4.79 Å². The second-order valence-corrected chi connectivity index (χ2v) is 11.8. The van der Waals surface area contributed by atoms with Gasteiger partial charge in [0.15, 0.2) is 0 Å². The molecule has 0 atom stereocenters. The van der Waals surface area contributed by atoms with Gasteiger partial charge >= 0.3 is 5.97 Å². The number of ether oxygens (including phenoxy) is 1. The number of carbonyl (C=O) groups is 2. The van der Waals surface area contributed by atoms with Crippen LogP contribution >= 0.6 is 11.3 Å². The smallest absolute Gasteiger partial charge is 0.339 e. The number of fused-ring (bicyclic) bond motifs is 1. The van der Waals surface area contributed by atoms with Crippen LogP contribution in [-0.4, -0.2) is 43.3 Å². The van der Waals surface area contributed by atoms with Crippen LogP contribution < -0.4 is 10.2 Å². The number of piperidine rings is 1. The lowest BCUT2D eigenvalue weighted by atomic mass is 9.65. The molecule has 0 unspecified atom stereocenters. The summed E-state index contributed by atoms with van der Waals surface area (Å²) < 4.78 is 5.44. The van der Waals surface area contributed by atoms with Crippen LogP contribution in [0.3, 0.4) is 0 Å². The number of aromatic carboxylic acids is 1. The Bertz CT molecular complexity index is 1050. The highest BCUT2D eigenvalue weighted by Crippen LogP contribution is 2.52. The van der Waals surface area contributed by atoms with Gasteiger partial charge in [0.1, 0.15) is 5.00 Å². The Hall–Kier alpha value is -2.38. The van der Waals surface area contributed by atoms with Gasteiger partial charge in [-0.1, -0.05) is 27.7 Å². The molecule has 1 fully saturated rings. The molecule has 1 aromatic carbocycles. The quantitative estimate of drug-likeness (QED) is 0.598. The predicted octanol–water partition coefficient (Wildman–Crippen LogP) is 5.56. The molecule has 178 valence electrons. The lowest BCUT2D eigenvalue weighted by Crippen LogP contribution is -2.36. The molecule has 0 bridgehead atoms. The second kappa shape index (κ2) is 8.76. The molecule has 0 radical (unpaired) electrons. The van der Waals surface area contributed by atoms with Gasteiger partial charge in [-0.25, -0.2) is 4.79 Å². The monoisotopic (exact) mass is 470 g/mol. The van der Waals surface area contributed by atoms with Gasteiger partial charge in [0.05, 0.1) is 11.7 Å². The summed E-state index contributed by atoms with van der Waals surface area (Å²) in [6, 6.07) is 7.55. The van der Waals surface area contributed by atoms with Crippen molar-refractivity contribution in [2.45, 2.75) is 64.9 Å². The molecule has 0 spiro atoms. The minimum Gasteiger partial charge on any atom is -0.478 e. The van der Waals surface area contributed by atoms with Crippen molar-refractivity contribution in [3.05, 3.63) is 45.8 Å². The number of hydrogen-bond acceptors (Lipinski definition) is 5. The molecule has 1 amide bonds. The highest BCUT2D eigenvalue weighted by molar-refractivity contribution is 7.17. The van der Waals surface area contributed by atoms with Crippen molar-refractivity contribution >= 4 is 33.9 Å². The summed E-state index contributed by atoms with van der Waals surface area (Å²) in [4.78, 5) is 28.6. The summed E-state index contributed by atoms with van der Waals surface area (Å²) in [5, 5.41) is 13.3. The zero-order valence-electron chi connectivity index (χ0n) is 20.2. The molecule has 6 nitrogen and oxygen atoms in total. The number of amides is 1. The zero-order valence-corrected chi connectivity index (χ0v) is 21.0. The van der Waals surface area contributed by atoms with E-state index in [1.807, 2.05) is 24.3 Å². The Labute approximate surface area is 199 Å². The van der Waals surface area contributed by atoms with Crippen molar-refractivity contribution in [3.8, 4) is 0 Å². The standard InChI is InChI=1S/C26H34N2O4S/c1-25(2)14-19-20(24(30)31)23(33-21(19)26(3,4)15-25)27-22(29)16-6-8-17(9-7-16)28-12-10-18(32-5)11-13-28/h6-9,18H,10-15H2,1-5H3,(H,27,29)(H,30,31). The first-order chi connectivity index (χ1) is 15.5. The Morgan fingerprint density at radius 3 is 2.33 bits per heavy atom. The molecule has 2 aliphatic rings. The molecule has 1 aromatic heterocycles. The van der Waals surface area contributed by atoms with Crippen LogP contribution in [0.25, 0.3) is 0 Å². The van der Waals surface area contributed by atoms with E-state index in [9.17, 15) is 14.7 Å². The van der Waals surface area contributed by atoms with Crippen molar-refractivity contribution in [2.24, 2.45) is 5.41 Å². The van der Waals surface area contributed by atoms with E-state index in [4.69, 9.17) is 4.74 Å². The maximum absolute atomic E-state index is 13.0. The van der Waals surface area contributed by atoms with Crippen molar-refractivity contribution in [2.75, 3.05) is 30.4 Å². The highest BCUT2D eigenvalue weighted by atomic mass is 32.1. The summed E-state index contributed by atoms with van der Waals surface area (Å²) in [6.07, 6.45) is 3.98. The molecule has 2 heterocycles. The number of carbonyl (C=O) groups excluding carboxylic acids is 1. The molecule has 4 rings (SSSR count). The Kier molecular flexibility index (Phi) is 6.31. The molecular weight excluding hydrogens is 436 g/mol. The van der Waals surface area contributed by atoms with Crippen LogP contribution in [0.5, 0.6) is 0 Å². The van der Waals surface area contributed by atoms with Crippen molar-refractivity contribution in [1.29, 1.82) is 0 Å². The first-order valence-corrected chi connectivity index (χ1v) is 12.4. The number of nitrogens with one attached hydrogen (secondary N) is 1. The van der Waals surface area contributed by atoms with Crippen LogP contribution in [-0.2, 0) is 16.6 Å². The predicted molar refractivity (Wildman–Crippen MR) is 133 cm³/mol. The van der Waals surface area contributed by atoms with Gasteiger partial charge < -0.3 is 20.1 Å². The van der Waals surface area contributed by atoms with Crippen molar-refractivity contribution < 1.29 is 19.4 Å². The number of thiophene rings is 1. The van der Waals surface area contributed by atoms with E-state index in [1.54, 1.807) is 7.11 Å². The van der Waals surface area contributed by atoms with E-state index in [1.165, 1.54) is 11.3 Å². The van der Waals surface area contributed by atoms with E-state index in [2.05, 4.69) is 37.9 Å². The maximum atomic E-state index is 13.0. The van der Waals surface area contributed by atoms with E-state index in [0.717, 1.165) is 48.5 Å². The van der Waals surface area contributed by atoms with Crippen LogP contribution in [0.1, 0.15) is 78.1 Å². The van der Waals surface area contributed by atoms with E-state index in [-0.39, 0.29) is 22.3 Å². The maximum Gasteiger partial charge on any atom is 0.339 e. The molecule has 1 aliphatic heterocycles. The van der Waals surface area contributed by atoms with Gasteiger partial charge in [0.2, 0.25) is 0 Å². The third-order valence-electron chi connectivity index (χ3n) is 6.91. The average Bonchev–Trinajstić information content (AvgIpc) is 3.11. The van der Waals surface area contributed by atoms with E-state index in [0.29, 0.717) is 23.1 Å². The summed E-state index contributed by atoms with van der Waals surface area (Å²) in [5.74, 6) is -1.26. The third-order valence-corrected chi connectivity index (χ3v) is 8.42. The molecule has 1 aliphatic carbocycles. The molecule has 2 aromatic rings. The summed E-state index contributed by atoms with van der Waals surface area (Å²) in [6.45, 7) is 10.5. The van der Waals surface area contributed by atoms with Gasteiger partial charge in [-0.15, -0.1) is 11.3 Å². The summed E-state index contributed by atoms with van der Waals surface area (Å²) in [7, 11) is 1.76. The number of methoxy groups -OCH3 is 1. The fraction of sp³-hybridized carbons (Fsp3) is 0.538. The van der Waals surface area contributed by atoms with Crippen molar-refractivity contribution in [3.63, 3.8) is 0 Å². The SMILES string of the molecule is COC1CCN(c2ccc(C(=O)Nc3sc4c(c3C(=O)O)CC(C)(C)CC4(C)C)cc2)CC1. The highest BCUT2D eigenvalue weighted by Gasteiger charge is 2.42. The van der Waals surface area contributed by atoms with Gasteiger partial charge in [0, 0.05) is 36.3 Å². The van der Waals surface area contributed by atoms with Crippen LogP contribution in [0.15, 0.2) is 24.3 Å². The number of benzene rings is 1. The third kappa shape index (κ3) is 4.80. The van der Waals surface area contributed by atoms with E-state index >= 15 is 0 Å². The number of rotatable bonds is 5. The summed E-state index contributed by atoms with van der Waals surface area (Å²) in [5.41, 5.74) is 2.61. The van der Waals surface area contributed by atoms with Gasteiger partial charge in [-0.2, -0.15) is 0 Å². The zero-order chi connectivity index (χ0) is 24.0. The minimum absolute atomic E-state index is 0.0105. The number of nitrogens with zero attached hydrogens (tertiary/aromatic N) is 1.